The summed E-state index contributed by atoms with van der Waals surface area (Å²) >= 11 is 0. The molecule has 4 aromatic carbocycles. The average Bonchev–Trinajstić information content (AvgIpc) is 3.29. The highest BCUT2D eigenvalue weighted by atomic mass is 19.4. The fraction of sp³-hybridized carbons (Fsp3) is 0.0370. The largest absolute Gasteiger partial charge is 0.416 e. The van der Waals surface area contributed by atoms with Crippen molar-refractivity contribution in [2.75, 3.05) is 10.2 Å². The number of imide groups is 1. The zero-order valence-corrected chi connectivity index (χ0v) is 18.8. The minimum atomic E-state index is -4.64. The third kappa shape index (κ3) is 3.61. The van der Waals surface area contributed by atoms with E-state index < -0.39 is 29.5 Å². The summed E-state index contributed by atoms with van der Waals surface area (Å²) in [5.74, 6) is -1.84. The van der Waals surface area contributed by atoms with Crippen LogP contribution in [0.4, 0.5) is 24.8 Å². The second-order valence-corrected chi connectivity index (χ2v) is 8.44. The topological polar surface area (TPSA) is 95.2 Å². The second kappa shape index (κ2) is 8.02. The van der Waals surface area contributed by atoms with Gasteiger partial charge in [0.1, 0.15) is 0 Å². The van der Waals surface area contributed by atoms with Gasteiger partial charge in [-0.15, -0.1) is 0 Å². The quantitative estimate of drug-likeness (QED) is 0.307. The van der Waals surface area contributed by atoms with Gasteiger partial charge in [-0.2, -0.15) is 13.2 Å². The summed E-state index contributed by atoms with van der Waals surface area (Å²) in [5, 5.41) is 3.32. The van der Waals surface area contributed by atoms with Gasteiger partial charge >= 0.3 is 6.18 Å². The van der Waals surface area contributed by atoms with Gasteiger partial charge in [0.25, 0.3) is 17.7 Å². The number of fused-ring (bicyclic) bond motifs is 1. The van der Waals surface area contributed by atoms with Crippen LogP contribution in [-0.4, -0.2) is 27.7 Å². The van der Waals surface area contributed by atoms with E-state index in [1.54, 1.807) is 18.2 Å². The van der Waals surface area contributed by atoms with E-state index in [1.807, 2.05) is 18.2 Å². The summed E-state index contributed by atoms with van der Waals surface area (Å²) in [6.07, 6.45) is -4.64. The van der Waals surface area contributed by atoms with Crippen molar-refractivity contribution >= 4 is 51.2 Å². The molecule has 3 amide bonds. The van der Waals surface area contributed by atoms with Crippen LogP contribution in [0.15, 0.2) is 78.9 Å². The molecule has 10 heteroatoms. The smallest absolute Gasteiger partial charge is 0.324 e. The first-order valence-electron chi connectivity index (χ1n) is 11.1. The molecule has 0 unspecified atom stereocenters. The number of amides is 3. The SMILES string of the molecule is O=C(Nc1nc2ccccc2[nH]1)c1ccc2c3c(cccc13)C(=O)N(c1cccc(C(F)(F)F)c1)C2=O. The number of para-hydroxylation sites is 2. The molecule has 0 spiro atoms. The van der Waals surface area contributed by atoms with Crippen molar-refractivity contribution in [1.82, 2.24) is 9.97 Å². The number of hydrogen-bond acceptors (Lipinski definition) is 4. The van der Waals surface area contributed by atoms with Crippen LogP contribution >= 0.6 is 0 Å². The van der Waals surface area contributed by atoms with Gasteiger partial charge in [-0.3, -0.25) is 19.7 Å². The molecular weight excluding hydrogens is 485 g/mol. The number of imidazole rings is 1. The highest BCUT2D eigenvalue weighted by Gasteiger charge is 2.37. The van der Waals surface area contributed by atoms with Crippen LogP contribution < -0.4 is 10.2 Å². The van der Waals surface area contributed by atoms with Crippen LogP contribution in [-0.2, 0) is 6.18 Å². The van der Waals surface area contributed by atoms with E-state index in [-0.39, 0.29) is 33.7 Å². The summed E-state index contributed by atoms with van der Waals surface area (Å²) in [5.41, 5.74) is 0.632. The van der Waals surface area contributed by atoms with Crippen molar-refractivity contribution < 1.29 is 27.6 Å². The molecule has 1 aliphatic rings. The number of anilines is 2. The Hall–Kier alpha value is -4.99. The number of halogens is 3. The normalized spacial score (nSPS) is 13.4. The van der Waals surface area contributed by atoms with E-state index in [2.05, 4.69) is 15.3 Å². The molecular formula is C27H15F3N4O3. The Morgan fingerprint density at radius 3 is 2.35 bits per heavy atom. The van der Waals surface area contributed by atoms with Crippen LogP contribution in [0.3, 0.4) is 0 Å². The van der Waals surface area contributed by atoms with Crippen molar-refractivity contribution in [3.05, 3.63) is 101 Å². The zero-order valence-electron chi connectivity index (χ0n) is 18.8. The first-order chi connectivity index (χ1) is 17.7. The fourth-order valence-corrected chi connectivity index (χ4v) is 4.54. The molecule has 0 bridgehead atoms. The van der Waals surface area contributed by atoms with Crippen molar-refractivity contribution in [1.29, 1.82) is 0 Å². The number of H-pyrrole nitrogens is 1. The second-order valence-electron chi connectivity index (χ2n) is 8.44. The molecule has 1 aromatic heterocycles. The molecule has 5 aromatic rings. The van der Waals surface area contributed by atoms with Gasteiger partial charge in [-0.25, -0.2) is 9.88 Å². The highest BCUT2D eigenvalue weighted by Crippen LogP contribution is 2.37. The molecule has 6 rings (SSSR count). The lowest BCUT2D eigenvalue weighted by Gasteiger charge is -2.28. The Bertz CT molecular complexity index is 1720. The van der Waals surface area contributed by atoms with Gasteiger partial charge in [-0.1, -0.05) is 30.3 Å². The van der Waals surface area contributed by atoms with Crippen molar-refractivity contribution in [3.8, 4) is 0 Å². The third-order valence-electron chi connectivity index (χ3n) is 6.21. The Morgan fingerprint density at radius 1 is 0.865 bits per heavy atom. The number of rotatable bonds is 3. The number of nitrogens with one attached hydrogen (secondary N) is 2. The van der Waals surface area contributed by atoms with E-state index in [0.717, 1.165) is 28.6 Å². The van der Waals surface area contributed by atoms with E-state index in [4.69, 9.17) is 0 Å². The lowest BCUT2D eigenvalue weighted by molar-refractivity contribution is -0.137. The van der Waals surface area contributed by atoms with Crippen LogP contribution in [0.25, 0.3) is 21.8 Å². The van der Waals surface area contributed by atoms with Crippen molar-refractivity contribution in [2.45, 2.75) is 6.18 Å². The molecule has 2 N–H and O–H groups in total. The van der Waals surface area contributed by atoms with Gasteiger partial charge in [-0.05, 0) is 53.9 Å². The van der Waals surface area contributed by atoms with Gasteiger partial charge in [0, 0.05) is 22.1 Å². The van der Waals surface area contributed by atoms with E-state index in [1.165, 1.54) is 24.3 Å². The lowest BCUT2D eigenvalue weighted by Crippen LogP contribution is -2.40. The molecule has 1 aliphatic heterocycles. The number of carbonyl (C=O) groups is 3. The summed E-state index contributed by atoms with van der Waals surface area (Å²) in [6, 6.07) is 18.8. The van der Waals surface area contributed by atoms with Gasteiger partial charge in [0.05, 0.1) is 22.3 Å². The summed E-state index contributed by atoms with van der Waals surface area (Å²) in [7, 11) is 0. The minimum absolute atomic E-state index is 0.0999. The Balaban J connectivity index is 1.41. The fourth-order valence-electron chi connectivity index (χ4n) is 4.54. The van der Waals surface area contributed by atoms with Crippen LogP contribution in [0, 0.1) is 0 Å². The molecule has 0 saturated heterocycles. The first-order valence-corrected chi connectivity index (χ1v) is 11.1. The minimum Gasteiger partial charge on any atom is -0.324 e. The summed E-state index contributed by atoms with van der Waals surface area (Å²) < 4.78 is 39.8. The Labute approximate surface area is 206 Å². The van der Waals surface area contributed by atoms with Gasteiger partial charge < -0.3 is 4.98 Å². The lowest BCUT2D eigenvalue weighted by atomic mass is 9.90. The summed E-state index contributed by atoms with van der Waals surface area (Å²) in [6.45, 7) is 0. The van der Waals surface area contributed by atoms with Crippen LogP contribution in [0.1, 0.15) is 36.6 Å². The molecule has 0 radical (unpaired) electrons. The molecule has 182 valence electrons. The molecule has 0 saturated carbocycles. The number of aromatic nitrogens is 2. The molecule has 0 fully saturated rings. The summed E-state index contributed by atoms with van der Waals surface area (Å²) in [4.78, 5) is 47.9. The Kier molecular flexibility index (Phi) is 4.87. The number of benzene rings is 4. The Morgan fingerprint density at radius 2 is 1.59 bits per heavy atom. The number of nitrogens with zero attached hydrogens (tertiary/aromatic N) is 2. The van der Waals surface area contributed by atoms with Crippen molar-refractivity contribution in [3.63, 3.8) is 0 Å². The number of alkyl halides is 3. The van der Waals surface area contributed by atoms with E-state index >= 15 is 0 Å². The van der Waals surface area contributed by atoms with E-state index in [0.29, 0.717) is 10.9 Å². The predicted octanol–water partition coefficient (Wildman–Crippen LogP) is 5.79. The zero-order chi connectivity index (χ0) is 25.9. The molecule has 0 atom stereocenters. The van der Waals surface area contributed by atoms with E-state index in [9.17, 15) is 27.6 Å². The van der Waals surface area contributed by atoms with Gasteiger partial charge in [0.2, 0.25) is 5.95 Å². The maximum absolute atomic E-state index is 13.4. The molecule has 2 heterocycles. The maximum Gasteiger partial charge on any atom is 0.416 e. The number of aromatic amines is 1. The van der Waals surface area contributed by atoms with Gasteiger partial charge in [0.15, 0.2) is 0 Å². The molecule has 37 heavy (non-hydrogen) atoms. The van der Waals surface area contributed by atoms with Crippen LogP contribution in [0.5, 0.6) is 0 Å². The first kappa shape index (κ1) is 22.5. The maximum atomic E-state index is 13.4. The number of carbonyl (C=O) groups excluding carboxylic acids is 3. The standard InChI is InChI=1S/C27H15F3N4O3/c28-27(29,30)14-5-3-6-15(13-14)34-24(36)18-8-4-7-16-17(11-12-19(22(16)18)25(34)37)23(35)33-26-31-20-9-1-2-10-21(20)32-26/h1-13H,(H2,31,32,33,35). The predicted molar refractivity (Wildman–Crippen MR) is 131 cm³/mol. The highest BCUT2D eigenvalue weighted by molar-refractivity contribution is 6.36. The van der Waals surface area contributed by atoms with Crippen molar-refractivity contribution in [2.24, 2.45) is 0 Å². The molecule has 7 nitrogen and oxygen atoms in total. The van der Waals surface area contributed by atoms with Crippen LogP contribution in [0.2, 0.25) is 0 Å². The monoisotopic (exact) mass is 500 g/mol. The third-order valence-corrected chi connectivity index (χ3v) is 6.21. The average molecular weight is 500 g/mol. The molecule has 0 aliphatic carbocycles. The number of hydrogen-bond donors (Lipinski definition) is 2.